The Kier molecular flexibility index (Phi) is 8.20. The predicted octanol–water partition coefficient (Wildman–Crippen LogP) is 2.03. The van der Waals surface area contributed by atoms with Gasteiger partial charge in [-0.3, -0.25) is 24.7 Å². The number of ether oxygens (including phenoxy) is 1. The third-order valence-corrected chi connectivity index (χ3v) is 8.96. The van der Waals surface area contributed by atoms with Gasteiger partial charge in [0.05, 0.1) is 31.1 Å². The van der Waals surface area contributed by atoms with E-state index in [-0.39, 0.29) is 29.8 Å². The molecule has 2 fully saturated rings. The number of amides is 2. The number of halogens is 1. The molecule has 0 unspecified atom stereocenters. The number of morpholine rings is 1. The highest BCUT2D eigenvalue weighted by Gasteiger charge is 2.42. The van der Waals surface area contributed by atoms with Crippen molar-refractivity contribution in [3.8, 4) is 0 Å². The Morgan fingerprint density at radius 3 is 2.77 bits per heavy atom. The highest BCUT2D eigenvalue weighted by molar-refractivity contribution is 5.98. The van der Waals surface area contributed by atoms with Crippen LogP contribution >= 0.6 is 0 Å². The van der Waals surface area contributed by atoms with Crippen molar-refractivity contribution in [3.05, 3.63) is 53.0 Å². The van der Waals surface area contributed by atoms with E-state index in [9.17, 15) is 14.0 Å². The van der Waals surface area contributed by atoms with Crippen LogP contribution in [0.2, 0.25) is 0 Å². The number of hydrogen-bond donors (Lipinski definition) is 2. The molecule has 11 nitrogen and oxygen atoms in total. The third-order valence-electron chi connectivity index (χ3n) is 8.96. The number of hydrogen-bond acceptors (Lipinski definition) is 8. The van der Waals surface area contributed by atoms with E-state index in [0.29, 0.717) is 37.6 Å². The Balaban J connectivity index is 1.32. The monoisotopic (exact) mass is 592 g/mol. The molecule has 3 aliphatic rings. The maximum Gasteiger partial charge on any atom is 0.249 e. The van der Waals surface area contributed by atoms with Gasteiger partial charge in [-0.15, -0.1) is 5.10 Å². The van der Waals surface area contributed by atoms with E-state index in [4.69, 9.17) is 4.74 Å². The zero-order valence-corrected chi connectivity index (χ0v) is 25.3. The third kappa shape index (κ3) is 6.01. The average Bonchev–Trinajstić information content (AvgIpc) is 3.50. The quantitative estimate of drug-likeness (QED) is 0.383. The summed E-state index contributed by atoms with van der Waals surface area (Å²) in [4.78, 5) is 36.7. The summed E-state index contributed by atoms with van der Waals surface area (Å²) >= 11 is 0. The van der Waals surface area contributed by atoms with Crippen molar-refractivity contribution in [1.82, 2.24) is 29.7 Å². The summed E-state index contributed by atoms with van der Waals surface area (Å²) in [5.74, 6) is -0.0661. The first-order valence-corrected chi connectivity index (χ1v) is 15.1. The van der Waals surface area contributed by atoms with Gasteiger partial charge in [-0.2, -0.15) is 4.98 Å². The van der Waals surface area contributed by atoms with E-state index in [0.717, 1.165) is 61.9 Å². The maximum atomic E-state index is 14.2. The molecule has 0 bridgehead atoms. The lowest BCUT2D eigenvalue weighted by Gasteiger charge is -2.43. The number of nitrogens with zero attached hydrogens (tertiary/aromatic N) is 6. The molecule has 43 heavy (non-hydrogen) atoms. The number of rotatable bonds is 8. The molecule has 3 aromatic rings. The zero-order valence-electron chi connectivity index (χ0n) is 25.3. The minimum Gasteiger partial charge on any atom is -0.379 e. The van der Waals surface area contributed by atoms with Crippen LogP contribution in [-0.4, -0.2) is 107 Å². The van der Waals surface area contributed by atoms with E-state index < -0.39 is 5.41 Å². The van der Waals surface area contributed by atoms with Crippen molar-refractivity contribution in [3.63, 3.8) is 0 Å². The molecule has 2 aromatic heterocycles. The molecular weight excluding hydrogens is 551 g/mol. The van der Waals surface area contributed by atoms with Gasteiger partial charge in [0.25, 0.3) is 0 Å². The molecule has 2 N–H and O–H groups in total. The van der Waals surface area contributed by atoms with Gasteiger partial charge in [-0.1, -0.05) is 26.0 Å². The molecule has 6 rings (SSSR count). The fourth-order valence-electron chi connectivity index (χ4n) is 6.73. The largest absolute Gasteiger partial charge is 0.379 e. The molecule has 1 aromatic carbocycles. The van der Waals surface area contributed by atoms with Gasteiger partial charge in [0, 0.05) is 68.2 Å². The van der Waals surface area contributed by atoms with Gasteiger partial charge in [0.1, 0.15) is 5.82 Å². The second kappa shape index (κ2) is 11.9. The highest BCUT2D eigenvalue weighted by Crippen LogP contribution is 2.42. The van der Waals surface area contributed by atoms with Crippen molar-refractivity contribution in [2.24, 2.45) is 0 Å². The van der Waals surface area contributed by atoms with Crippen LogP contribution in [-0.2, 0) is 26.2 Å². The Labute approximate surface area is 251 Å². The van der Waals surface area contributed by atoms with Crippen molar-refractivity contribution < 1.29 is 18.7 Å². The topological polar surface area (TPSA) is 107 Å². The van der Waals surface area contributed by atoms with E-state index in [2.05, 4.69) is 58.2 Å². The van der Waals surface area contributed by atoms with E-state index in [1.807, 2.05) is 11.0 Å². The number of piperazine rings is 1. The lowest BCUT2D eigenvalue weighted by atomic mass is 9.90. The minimum atomic E-state index is -0.414. The van der Waals surface area contributed by atoms with Crippen LogP contribution in [0.15, 0.2) is 30.3 Å². The summed E-state index contributed by atoms with van der Waals surface area (Å²) < 4.78 is 21.1. The van der Waals surface area contributed by atoms with Crippen molar-refractivity contribution in [1.29, 1.82) is 0 Å². The van der Waals surface area contributed by atoms with Crippen LogP contribution in [0.4, 0.5) is 16.0 Å². The standard InChI is InChI=1S/C31H41FN8O3/c1-20-14-38(25(13-33-20)15-37-9-10-43-17-21(37)2)16-27(42)39-18-31(3,4)28-26(39)12-23(11-22-5-7-24(32)8-6-22)29-35-30(34-19-41)36-40(28)29/h5-8,12,19-21,25,33H,9-11,13-18H2,1-4H3,(H,34,36,41)/t20-,21-,25-/m1/s1. The van der Waals surface area contributed by atoms with Gasteiger partial charge in [-0.25, -0.2) is 8.91 Å². The summed E-state index contributed by atoms with van der Waals surface area (Å²) in [5.41, 5.74) is 3.60. The lowest BCUT2D eigenvalue weighted by molar-refractivity contribution is -0.121. The summed E-state index contributed by atoms with van der Waals surface area (Å²) in [6, 6.07) is 9.22. The number of anilines is 2. The van der Waals surface area contributed by atoms with Crippen LogP contribution in [0, 0.1) is 5.82 Å². The summed E-state index contributed by atoms with van der Waals surface area (Å²) in [6.45, 7) is 14.2. The first kappa shape index (κ1) is 29.6. The van der Waals surface area contributed by atoms with E-state index >= 15 is 0 Å². The Bertz CT molecular complexity index is 1490. The molecule has 3 aliphatic heterocycles. The van der Waals surface area contributed by atoms with Gasteiger partial charge in [0.2, 0.25) is 18.3 Å². The number of aromatic nitrogens is 3. The first-order valence-electron chi connectivity index (χ1n) is 15.1. The molecule has 3 atom stereocenters. The van der Waals surface area contributed by atoms with Gasteiger partial charge in [0.15, 0.2) is 5.65 Å². The van der Waals surface area contributed by atoms with Crippen molar-refractivity contribution in [2.45, 2.75) is 57.7 Å². The molecule has 0 spiro atoms. The number of carbonyl (C=O) groups is 2. The molecule has 0 radical (unpaired) electrons. The fraction of sp³-hybridized carbons (Fsp3) is 0.548. The molecule has 5 heterocycles. The Morgan fingerprint density at radius 1 is 1.23 bits per heavy atom. The zero-order chi connectivity index (χ0) is 30.3. The molecule has 0 aliphatic carbocycles. The number of nitrogens with one attached hydrogen (secondary N) is 2. The lowest BCUT2D eigenvalue weighted by Crippen LogP contribution is -2.62. The molecule has 0 saturated carbocycles. The molecular formula is C31H41FN8O3. The van der Waals surface area contributed by atoms with E-state index in [1.165, 1.54) is 12.1 Å². The smallest absolute Gasteiger partial charge is 0.249 e. The molecule has 12 heteroatoms. The Morgan fingerprint density at radius 2 is 2.02 bits per heavy atom. The highest BCUT2D eigenvalue weighted by atomic mass is 19.1. The van der Waals surface area contributed by atoms with Crippen LogP contribution in [0.25, 0.3) is 5.65 Å². The number of carbonyl (C=O) groups excluding carboxylic acids is 2. The normalized spacial score (nSPS) is 24.3. The summed E-state index contributed by atoms with van der Waals surface area (Å²) in [5, 5.41) is 10.8. The average molecular weight is 593 g/mol. The Hall–Kier alpha value is -3.45. The van der Waals surface area contributed by atoms with Crippen molar-refractivity contribution in [2.75, 3.05) is 62.7 Å². The van der Waals surface area contributed by atoms with Crippen LogP contribution in [0.3, 0.4) is 0 Å². The van der Waals surface area contributed by atoms with Gasteiger partial charge >= 0.3 is 0 Å². The fourth-order valence-corrected chi connectivity index (χ4v) is 6.73. The van der Waals surface area contributed by atoms with Crippen molar-refractivity contribution >= 4 is 29.6 Å². The van der Waals surface area contributed by atoms with Crippen LogP contribution in [0.1, 0.15) is 44.5 Å². The van der Waals surface area contributed by atoms with Crippen LogP contribution < -0.4 is 15.5 Å². The van der Waals surface area contributed by atoms with E-state index in [1.54, 1.807) is 16.6 Å². The number of benzene rings is 1. The maximum absolute atomic E-state index is 14.2. The summed E-state index contributed by atoms with van der Waals surface area (Å²) in [7, 11) is 0. The number of fused-ring (bicyclic) bond motifs is 3. The second-order valence-electron chi connectivity index (χ2n) is 12.8. The minimum absolute atomic E-state index is 0.0411. The predicted molar refractivity (Wildman–Crippen MR) is 162 cm³/mol. The summed E-state index contributed by atoms with van der Waals surface area (Å²) in [6.07, 6.45) is 1.02. The molecule has 230 valence electrons. The SMILES string of the molecule is C[C@@H]1CN(CC(=O)N2CC(C)(C)c3c2cc(Cc2ccc(F)cc2)c2nc(NC=O)nn32)[C@@H](CN2CCOC[C@H]2C)CN1. The van der Waals surface area contributed by atoms with Gasteiger partial charge < -0.3 is 15.0 Å². The number of pyridine rings is 1. The first-order chi connectivity index (χ1) is 20.6. The van der Waals surface area contributed by atoms with Crippen LogP contribution in [0.5, 0.6) is 0 Å². The molecule has 2 saturated heterocycles. The second-order valence-corrected chi connectivity index (χ2v) is 12.8. The molecule has 2 amide bonds. The van der Waals surface area contributed by atoms with Gasteiger partial charge in [-0.05, 0) is 37.6 Å².